The van der Waals surface area contributed by atoms with Gasteiger partial charge < -0.3 is 19.3 Å². The lowest BCUT2D eigenvalue weighted by molar-refractivity contribution is -0.131. The van der Waals surface area contributed by atoms with Crippen LogP contribution in [0.25, 0.3) is 6.08 Å². The summed E-state index contributed by atoms with van der Waals surface area (Å²) in [6.45, 7) is 0.457. The fourth-order valence-electron chi connectivity index (χ4n) is 1.82. The van der Waals surface area contributed by atoms with E-state index >= 15 is 0 Å². The monoisotopic (exact) mass is 305 g/mol. The van der Waals surface area contributed by atoms with Crippen LogP contribution in [-0.4, -0.2) is 22.9 Å². The predicted molar refractivity (Wildman–Crippen MR) is 75.7 cm³/mol. The average Bonchev–Trinajstić information content (AvgIpc) is 3.12. The van der Waals surface area contributed by atoms with E-state index in [4.69, 9.17) is 19.3 Å². The number of rotatable bonds is 5. The Morgan fingerprint density at radius 3 is 2.95 bits per heavy atom. The molecule has 0 atom stereocenters. The standard InChI is InChI=1S/C14H11NO5S/c16-14(17)2-1-9-5-11-12(20-8-19-11)6-10(9)18-7-13-15-3-4-21-13/h1-6H,7-8H2,(H,16,17)/b2-1+. The molecule has 0 fully saturated rings. The number of carboxylic acid groups (broad SMARTS) is 1. The molecule has 1 aliphatic heterocycles. The number of hydrogen-bond donors (Lipinski definition) is 1. The first-order valence-electron chi connectivity index (χ1n) is 6.08. The van der Waals surface area contributed by atoms with Gasteiger partial charge in [0.25, 0.3) is 0 Å². The summed E-state index contributed by atoms with van der Waals surface area (Å²) in [5.41, 5.74) is 0.609. The number of carboxylic acids is 1. The van der Waals surface area contributed by atoms with Crippen LogP contribution in [0.3, 0.4) is 0 Å². The van der Waals surface area contributed by atoms with Crippen LogP contribution in [0.15, 0.2) is 29.8 Å². The van der Waals surface area contributed by atoms with Crippen molar-refractivity contribution in [3.8, 4) is 17.2 Å². The first-order chi connectivity index (χ1) is 10.2. The number of nitrogens with zero attached hydrogens (tertiary/aromatic N) is 1. The number of thiazole rings is 1. The van der Waals surface area contributed by atoms with Gasteiger partial charge in [-0.05, 0) is 12.1 Å². The molecule has 0 aliphatic carbocycles. The molecule has 0 amide bonds. The zero-order valence-electron chi connectivity index (χ0n) is 10.8. The van der Waals surface area contributed by atoms with Crippen LogP contribution in [0.1, 0.15) is 10.6 Å². The predicted octanol–water partition coefficient (Wildman–Crippen LogP) is 2.55. The van der Waals surface area contributed by atoms with Crippen LogP contribution in [0.4, 0.5) is 0 Å². The highest BCUT2D eigenvalue weighted by molar-refractivity contribution is 7.09. The van der Waals surface area contributed by atoms with E-state index in [0.29, 0.717) is 29.4 Å². The Morgan fingerprint density at radius 2 is 2.24 bits per heavy atom. The second-order valence-corrected chi connectivity index (χ2v) is 5.11. The maximum atomic E-state index is 10.7. The summed E-state index contributed by atoms with van der Waals surface area (Å²) < 4.78 is 16.3. The van der Waals surface area contributed by atoms with Crippen molar-refractivity contribution in [1.82, 2.24) is 4.98 Å². The van der Waals surface area contributed by atoms with E-state index in [1.165, 1.54) is 17.4 Å². The molecule has 0 radical (unpaired) electrons. The molecule has 0 saturated heterocycles. The van der Waals surface area contributed by atoms with Crippen LogP contribution in [0, 0.1) is 0 Å². The highest BCUT2D eigenvalue weighted by Gasteiger charge is 2.17. The number of aliphatic carboxylic acids is 1. The summed E-state index contributed by atoms with van der Waals surface area (Å²) in [7, 11) is 0. The first-order valence-corrected chi connectivity index (χ1v) is 6.96. The highest BCUT2D eigenvalue weighted by Crippen LogP contribution is 2.39. The lowest BCUT2D eigenvalue weighted by atomic mass is 10.1. The molecule has 1 N–H and O–H groups in total. The zero-order chi connectivity index (χ0) is 14.7. The van der Waals surface area contributed by atoms with E-state index in [1.54, 1.807) is 18.3 Å². The van der Waals surface area contributed by atoms with Crippen LogP contribution < -0.4 is 14.2 Å². The minimum Gasteiger partial charge on any atom is -0.486 e. The van der Waals surface area contributed by atoms with Crippen molar-refractivity contribution in [2.24, 2.45) is 0 Å². The highest BCUT2D eigenvalue weighted by atomic mass is 32.1. The number of ether oxygens (including phenoxy) is 3. The molecule has 108 valence electrons. The van der Waals surface area contributed by atoms with Crippen molar-refractivity contribution >= 4 is 23.4 Å². The van der Waals surface area contributed by atoms with Crippen molar-refractivity contribution in [3.63, 3.8) is 0 Å². The van der Waals surface area contributed by atoms with Crippen molar-refractivity contribution in [1.29, 1.82) is 0 Å². The SMILES string of the molecule is O=C(O)/C=C/c1cc2c(cc1OCc1nccs1)OCO2. The Kier molecular flexibility index (Phi) is 3.74. The van der Waals surface area contributed by atoms with Gasteiger partial charge in [0.15, 0.2) is 11.5 Å². The average molecular weight is 305 g/mol. The largest absolute Gasteiger partial charge is 0.486 e. The molecule has 7 heteroatoms. The molecule has 1 aliphatic rings. The third-order valence-corrected chi connectivity index (χ3v) is 3.50. The molecule has 2 aromatic rings. The third kappa shape index (κ3) is 3.14. The smallest absolute Gasteiger partial charge is 0.328 e. The summed E-state index contributed by atoms with van der Waals surface area (Å²) in [4.78, 5) is 14.8. The molecule has 0 spiro atoms. The number of benzene rings is 1. The first kappa shape index (κ1) is 13.4. The minimum absolute atomic E-state index is 0.146. The van der Waals surface area contributed by atoms with Crippen LogP contribution in [-0.2, 0) is 11.4 Å². The third-order valence-electron chi connectivity index (χ3n) is 2.75. The number of aromatic nitrogens is 1. The summed E-state index contributed by atoms with van der Waals surface area (Å²) in [6.07, 6.45) is 4.21. The van der Waals surface area contributed by atoms with E-state index in [9.17, 15) is 4.79 Å². The second-order valence-electron chi connectivity index (χ2n) is 4.13. The molecule has 3 rings (SSSR count). The molecule has 21 heavy (non-hydrogen) atoms. The lowest BCUT2D eigenvalue weighted by Gasteiger charge is -2.09. The molecule has 1 aromatic carbocycles. The Bertz CT molecular complexity index is 681. The second kappa shape index (κ2) is 5.84. The lowest BCUT2D eigenvalue weighted by Crippen LogP contribution is -1.97. The van der Waals surface area contributed by atoms with Gasteiger partial charge in [-0.3, -0.25) is 0 Å². The van der Waals surface area contributed by atoms with Crippen LogP contribution in [0.5, 0.6) is 17.2 Å². The van der Waals surface area contributed by atoms with Gasteiger partial charge >= 0.3 is 5.97 Å². The van der Waals surface area contributed by atoms with E-state index in [0.717, 1.165) is 11.1 Å². The number of fused-ring (bicyclic) bond motifs is 1. The minimum atomic E-state index is -1.03. The van der Waals surface area contributed by atoms with E-state index < -0.39 is 5.97 Å². The fraction of sp³-hybridized carbons (Fsp3) is 0.143. The summed E-state index contributed by atoms with van der Waals surface area (Å²) >= 11 is 1.49. The molecule has 0 bridgehead atoms. The number of carbonyl (C=O) groups is 1. The van der Waals surface area contributed by atoms with E-state index in [-0.39, 0.29) is 6.79 Å². The van der Waals surface area contributed by atoms with Crippen LogP contribution >= 0.6 is 11.3 Å². The van der Waals surface area contributed by atoms with Crippen molar-refractivity contribution in [3.05, 3.63) is 40.4 Å². The molecular formula is C14H11NO5S. The molecule has 2 heterocycles. The molecular weight excluding hydrogens is 294 g/mol. The maximum Gasteiger partial charge on any atom is 0.328 e. The molecule has 0 unspecified atom stereocenters. The topological polar surface area (TPSA) is 77.9 Å². The molecule has 0 saturated carbocycles. The van der Waals surface area contributed by atoms with E-state index in [1.807, 2.05) is 5.38 Å². The molecule has 6 nitrogen and oxygen atoms in total. The van der Waals surface area contributed by atoms with Crippen LogP contribution in [0.2, 0.25) is 0 Å². The molecule has 1 aromatic heterocycles. The normalized spacial score (nSPS) is 12.8. The maximum absolute atomic E-state index is 10.7. The Hall–Kier alpha value is -2.54. The van der Waals surface area contributed by atoms with Crippen molar-refractivity contribution in [2.45, 2.75) is 6.61 Å². The van der Waals surface area contributed by atoms with Gasteiger partial charge in [0.1, 0.15) is 17.4 Å². The van der Waals surface area contributed by atoms with Gasteiger partial charge in [-0.15, -0.1) is 11.3 Å². The van der Waals surface area contributed by atoms with Gasteiger partial charge in [0.2, 0.25) is 6.79 Å². The zero-order valence-corrected chi connectivity index (χ0v) is 11.6. The van der Waals surface area contributed by atoms with Gasteiger partial charge in [-0.1, -0.05) is 0 Å². The van der Waals surface area contributed by atoms with E-state index in [2.05, 4.69) is 4.98 Å². The fourth-order valence-corrected chi connectivity index (χ4v) is 2.35. The van der Waals surface area contributed by atoms with Gasteiger partial charge in [0, 0.05) is 29.3 Å². The van der Waals surface area contributed by atoms with Crippen molar-refractivity contribution < 1.29 is 24.1 Å². The summed E-state index contributed by atoms with van der Waals surface area (Å²) in [5, 5.41) is 11.4. The van der Waals surface area contributed by atoms with Gasteiger partial charge in [-0.2, -0.15) is 0 Å². The summed E-state index contributed by atoms with van der Waals surface area (Å²) in [6, 6.07) is 3.39. The van der Waals surface area contributed by atoms with Crippen molar-refractivity contribution in [2.75, 3.05) is 6.79 Å². The Balaban J connectivity index is 1.87. The van der Waals surface area contributed by atoms with Gasteiger partial charge in [0.05, 0.1) is 0 Å². The Morgan fingerprint density at radius 1 is 1.43 bits per heavy atom. The quantitative estimate of drug-likeness (QED) is 0.855. The summed E-state index contributed by atoms with van der Waals surface area (Å²) in [5.74, 6) is 0.642. The Labute approximate surface area is 124 Å². The van der Waals surface area contributed by atoms with Gasteiger partial charge in [-0.25, -0.2) is 9.78 Å². The number of hydrogen-bond acceptors (Lipinski definition) is 6.